The van der Waals surface area contributed by atoms with Crippen LogP contribution >= 0.6 is 11.6 Å². The van der Waals surface area contributed by atoms with E-state index in [4.69, 9.17) is 16.6 Å². The smallest absolute Gasteiger partial charge is 0.154 e. The summed E-state index contributed by atoms with van der Waals surface area (Å²) in [5.41, 5.74) is 6.96. The molecule has 136 valence electrons. The van der Waals surface area contributed by atoms with Gasteiger partial charge >= 0.3 is 0 Å². The number of benzene rings is 3. The van der Waals surface area contributed by atoms with Crippen molar-refractivity contribution in [3.05, 3.63) is 95.0 Å². The largest absolute Gasteiger partial charge is 0.378 e. The number of anilines is 1. The fourth-order valence-electron chi connectivity index (χ4n) is 2.42. The number of hydrogen-bond acceptors (Lipinski definition) is 3. The molecule has 4 nitrogen and oxygen atoms in total. The SMILES string of the molecule is CN(C)c1ccc(C(=Nc2ccccc2)N/N=C/c2ccc(Cl)cc2)cc1. The molecule has 0 fully saturated rings. The summed E-state index contributed by atoms with van der Waals surface area (Å²) in [6.07, 6.45) is 1.74. The van der Waals surface area contributed by atoms with Crippen LogP contribution in [0.25, 0.3) is 0 Å². The maximum atomic E-state index is 5.92. The Morgan fingerprint density at radius 3 is 2.19 bits per heavy atom. The average Bonchev–Trinajstić information content (AvgIpc) is 2.69. The molecule has 0 aliphatic heterocycles. The van der Waals surface area contributed by atoms with Crippen molar-refractivity contribution in [2.75, 3.05) is 19.0 Å². The van der Waals surface area contributed by atoms with E-state index in [2.05, 4.69) is 27.6 Å². The van der Waals surface area contributed by atoms with E-state index in [1.807, 2.05) is 80.8 Å². The zero-order valence-corrected chi connectivity index (χ0v) is 16.1. The first-order valence-corrected chi connectivity index (χ1v) is 8.96. The number of amidine groups is 1. The second-order valence-corrected chi connectivity index (χ2v) is 6.60. The molecule has 3 aromatic carbocycles. The van der Waals surface area contributed by atoms with Crippen molar-refractivity contribution in [2.45, 2.75) is 0 Å². The molecule has 0 heterocycles. The van der Waals surface area contributed by atoms with Crippen molar-refractivity contribution in [3.63, 3.8) is 0 Å². The van der Waals surface area contributed by atoms with E-state index in [1.165, 1.54) is 0 Å². The Morgan fingerprint density at radius 2 is 1.56 bits per heavy atom. The molecular weight excluding hydrogens is 356 g/mol. The predicted molar refractivity (Wildman–Crippen MR) is 116 cm³/mol. The van der Waals surface area contributed by atoms with Crippen LogP contribution in [0.1, 0.15) is 11.1 Å². The lowest BCUT2D eigenvalue weighted by Gasteiger charge is -2.13. The molecule has 0 unspecified atom stereocenters. The number of nitrogens with one attached hydrogen (secondary N) is 1. The van der Waals surface area contributed by atoms with Crippen molar-refractivity contribution >= 4 is 35.0 Å². The first-order chi connectivity index (χ1) is 13.1. The second-order valence-electron chi connectivity index (χ2n) is 6.16. The molecule has 0 saturated heterocycles. The molecule has 0 spiro atoms. The fraction of sp³-hybridized carbons (Fsp3) is 0.0909. The number of aliphatic imine (C=N–C) groups is 1. The van der Waals surface area contributed by atoms with Gasteiger partial charge in [-0.15, -0.1) is 0 Å². The zero-order chi connectivity index (χ0) is 19.1. The average molecular weight is 377 g/mol. The summed E-state index contributed by atoms with van der Waals surface area (Å²) in [4.78, 5) is 6.77. The highest BCUT2D eigenvalue weighted by molar-refractivity contribution is 6.30. The van der Waals surface area contributed by atoms with Gasteiger partial charge in [0.05, 0.1) is 11.9 Å². The molecule has 0 aliphatic rings. The van der Waals surface area contributed by atoms with Crippen molar-refractivity contribution in [1.82, 2.24) is 5.43 Å². The summed E-state index contributed by atoms with van der Waals surface area (Å²) in [7, 11) is 4.03. The van der Waals surface area contributed by atoms with Crippen LogP contribution in [-0.2, 0) is 0 Å². The minimum Gasteiger partial charge on any atom is -0.378 e. The van der Waals surface area contributed by atoms with Crippen LogP contribution in [0, 0.1) is 0 Å². The van der Waals surface area contributed by atoms with Crippen LogP contribution in [0.4, 0.5) is 11.4 Å². The van der Waals surface area contributed by atoms with E-state index >= 15 is 0 Å². The lowest BCUT2D eigenvalue weighted by molar-refractivity contribution is 1.03. The van der Waals surface area contributed by atoms with E-state index in [9.17, 15) is 0 Å². The van der Waals surface area contributed by atoms with Gasteiger partial charge in [-0.05, 0) is 54.1 Å². The highest BCUT2D eigenvalue weighted by Gasteiger charge is 2.04. The van der Waals surface area contributed by atoms with E-state index in [0.717, 1.165) is 22.5 Å². The molecule has 0 atom stereocenters. The van der Waals surface area contributed by atoms with Gasteiger partial charge in [-0.2, -0.15) is 5.10 Å². The molecule has 3 aromatic rings. The van der Waals surface area contributed by atoms with Gasteiger partial charge in [-0.1, -0.05) is 41.9 Å². The molecule has 5 heteroatoms. The lowest BCUT2D eigenvalue weighted by Crippen LogP contribution is -2.19. The third kappa shape index (κ3) is 5.43. The van der Waals surface area contributed by atoms with Gasteiger partial charge in [0, 0.05) is 30.4 Å². The van der Waals surface area contributed by atoms with Crippen LogP contribution < -0.4 is 10.3 Å². The van der Waals surface area contributed by atoms with Crippen LogP contribution in [0.15, 0.2) is 89.0 Å². The monoisotopic (exact) mass is 376 g/mol. The molecule has 0 aromatic heterocycles. The topological polar surface area (TPSA) is 40.0 Å². The van der Waals surface area contributed by atoms with Crippen molar-refractivity contribution < 1.29 is 0 Å². The summed E-state index contributed by atoms with van der Waals surface area (Å²) < 4.78 is 0. The number of halogens is 1. The molecule has 0 bridgehead atoms. The fourth-order valence-corrected chi connectivity index (χ4v) is 2.55. The summed E-state index contributed by atoms with van der Waals surface area (Å²) in [6.45, 7) is 0. The van der Waals surface area contributed by atoms with Gasteiger partial charge in [0.15, 0.2) is 5.84 Å². The van der Waals surface area contributed by atoms with Gasteiger partial charge in [-0.25, -0.2) is 4.99 Å². The minimum atomic E-state index is 0.678. The predicted octanol–water partition coefficient (Wildman–Crippen LogP) is 5.11. The van der Waals surface area contributed by atoms with E-state index in [0.29, 0.717) is 10.9 Å². The van der Waals surface area contributed by atoms with Gasteiger partial charge in [0.25, 0.3) is 0 Å². The molecule has 0 amide bonds. The first kappa shape index (κ1) is 18.7. The summed E-state index contributed by atoms with van der Waals surface area (Å²) >= 11 is 5.92. The van der Waals surface area contributed by atoms with Crippen LogP contribution in [-0.4, -0.2) is 26.1 Å². The number of para-hydroxylation sites is 1. The van der Waals surface area contributed by atoms with Gasteiger partial charge in [0.2, 0.25) is 0 Å². The van der Waals surface area contributed by atoms with Crippen LogP contribution in [0.3, 0.4) is 0 Å². The van der Waals surface area contributed by atoms with E-state index in [1.54, 1.807) is 6.21 Å². The van der Waals surface area contributed by atoms with Gasteiger partial charge in [-0.3, -0.25) is 5.43 Å². The standard InChI is InChI=1S/C22H21ClN4/c1-27(2)21-14-10-18(11-15-21)22(25-20-6-4-3-5-7-20)26-24-16-17-8-12-19(23)13-9-17/h3-16H,1-2H3,(H,25,26)/b24-16+. The summed E-state index contributed by atoms with van der Waals surface area (Å²) in [5.74, 6) is 0.678. The second kappa shape index (κ2) is 9.01. The van der Waals surface area contributed by atoms with Gasteiger partial charge in [0.1, 0.15) is 0 Å². The normalized spacial score (nSPS) is 11.6. The first-order valence-electron chi connectivity index (χ1n) is 8.58. The molecular formula is C22H21ClN4. The number of rotatable bonds is 5. The molecule has 3 rings (SSSR count). The third-order valence-electron chi connectivity index (χ3n) is 3.91. The number of nitrogens with zero attached hydrogens (tertiary/aromatic N) is 3. The Balaban J connectivity index is 1.85. The Kier molecular flexibility index (Phi) is 6.23. The molecule has 0 saturated carbocycles. The van der Waals surface area contributed by atoms with Crippen LogP contribution in [0.2, 0.25) is 5.02 Å². The Hall–Kier alpha value is -3.11. The highest BCUT2D eigenvalue weighted by Crippen LogP contribution is 2.16. The minimum absolute atomic E-state index is 0.678. The van der Waals surface area contributed by atoms with E-state index in [-0.39, 0.29) is 0 Å². The number of hydrogen-bond donors (Lipinski definition) is 1. The number of hydrazone groups is 1. The zero-order valence-electron chi connectivity index (χ0n) is 15.3. The van der Waals surface area contributed by atoms with Crippen molar-refractivity contribution in [1.29, 1.82) is 0 Å². The highest BCUT2D eigenvalue weighted by atomic mass is 35.5. The third-order valence-corrected chi connectivity index (χ3v) is 4.16. The lowest BCUT2D eigenvalue weighted by atomic mass is 10.2. The van der Waals surface area contributed by atoms with Crippen LogP contribution in [0.5, 0.6) is 0 Å². The Bertz CT molecular complexity index is 915. The van der Waals surface area contributed by atoms with Gasteiger partial charge < -0.3 is 4.90 Å². The summed E-state index contributed by atoms with van der Waals surface area (Å²) in [5, 5.41) is 5.04. The summed E-state index contributed by atoms with van der Waals surface area (Å²) in [6, 6.07) is 25.5. The molecule has 27 heavy (non-hydrogen) atoms. The van der Waals surface area contributed by atoms with Crippen molar-refractivity contribution in [2.24, 2.45) is 10.1 Å². The maximum absolute atomic E-state index is 5.92. The maximum Gasteiger partial charge on any atom is 0.154 e. The Morgan fingerprint density at radius 1 is 0.889 bits per heavy atom. The molecule has 1 N–H and O–H groups in total. The van der Waals surface area contributed by atoms with Crippen molar-refractivity contribution in [3.8, 4) is 0 Å². The molecule has 0 aliphatic carbocycles. The molecule has 0 radical (unpaired) electrons. The quantitative estimate of drug-likeness (QED) is 0.382. The Labute approximate surface area is 164 Å². The van der Waals surface area contributed by atoms with E-state index < -0.39 is 0 Å².